The molecule has 19 heavy (non-hydrogen) atoms. The predicted molar refractivity (Wildman–Crippen MR) is 62.6 cm³/mol. The van der Waals surface area contributed by atoms with Crippen molar-refractivity contribution in [2.75, 3.05) is 11.4 Å². The summed E-state index contributed by atoms with van der Waals surface area (Å²) in [5.74, 6) is -0.871. The van der Waals surface area contributed by atoms with E-state index in [1.165, 1.54) is 24.0 Å². The summed E-state index contributed by atoms with van der Waals surface area (Å²) in [5, 5.41) is 0. The summed E-state index contributed by atoms with van der Waals surface area (Å²) >= 11 is 0. The Morgan fingerprint density at radius 2 is 2.05 bits per heavy atom. The Balaban J connectivity index is 2.28. The van der Waals surface area contributed by atoms with Crippen LogP contribution in [0.15, 0.2) is 24.3 Å². The van der Waals surface area contributed by atoms with Gasteiger partial charge in [-0.05, 0) is 25.1 Å². The van der Waals surface area contributed by atoms with Crippen LogP contribution in [0.3, 0.4) is 0 Å². The summed E-state index contributed by atoms with van der Waals surface area (Å²) in [7, 11) is 0. The third-order valence-electron chi connectivity index (χ3n) is 3.19. The summed E-state index contributed by atoms with van der Waals surface area (Å²) in [4.78, 5) is 24.2. The number of benzene rings is 1. The molecule has 1 unspecified atom stereocenters. The second-order valence-electron chi connectivity index (χ2n) is 4.56. The Labute approximate surface area is 108 Å². The standard InChI is InChI=1S/C13H12F3NO2/c1-8(18)9-5-12(19)17(7-9)11-4-2-3-10(6-11)13(14,15)16/h2-4,6,9H,5,7H2,1H3. The molecule has 1 aliphatic rings. The molecule has 1 amide bonds. The average molecular weight is 271 g/mol. The second kappa shape index (κ2) is 4.68. The number of alkyl halides is 3. The van der Waals surface area contributed by atoms with Crippen LogP contribution in [0.4, 0.5) is 18.9 Å². The number of anilines is 1. The number of hydrogen-bond donors (Lipinski definition) is 0. The lowest BCUT2D eigenvalue weighted by Crippen LogP contribution is -2.25. The molecule has 1 fully saturated rings. The summed E-state index contributed by atoms with van der Waals surface area (Å²) in [6, 6.07) is 4.58. The van der Waals surface area contributed by atoms with Gasteiger partial charge in [0.25, 0.3) is 0 Å². The highest BCUT2D eigenvalue weighted by Gasteiger charge is 2.35. The molecule has 1 aromatic carbocycles. The van der Waals surface area contributed by atoms with Crippen LogP contribution in [0.25, 0.3) is 0 Å². The van der Waals surface area contributed by atoms with Crippen molar-refractivity contribution in [3.05, 3.63) is 29.8 Å². The summed E-state index contributed by atoms with van der Waals surface area (Å²) in [6.07, 6.45) is -4.38. The maximum absolute atomic E-state index is 12.6. The summed E-state index contributed by atoms with van der Waals surface area (Å²) in [6.45, 7) is 1.53. The molecule has 2 rings (SSSR count). The quantitative estimate of drug-likeness (QED) is 0.829. The Bertz CT molecular complexity index is 525. The molecule has 102 valence electrons. The molecule has 0 N–H and O–H groups in total. The van der Waals surface area contributed by atoms with Crippen molar-refractivity contribution in [1.82, 2.24) is 0 Å². The average Bonchev–Trinajstić information content (AvgIpc) is 2.71. The van der Waals surface area contributed by atoms with Gasteiger partial charge in [0.05, 0.1) is 5.56 Å². The van der Waals surface area contributed by atoms with Gasteiger partial charge in [-0.2, -0.15) is 13.2 Å². The van der Waals surface area contributed by atoms with Crippen LogP contribution < -0.4 is 4.90 Å². The van der Waals surface area contributed by atoms with Crippen LogP contribution >= 0.6 is 0 Å². The smallest absolute Gasteiger partial charge is 0.312 e. The highest BCUT2D eigenvalue weighted by molar-refractivity contribution is 6.00. The van der Waals surface area contributed by atoms with Gasteiger partial charge in [-0.25, -0.2) is 0 Å². The Kier molecular flexibility index (Phi) is 3.34. The van der Waals surface area contributed by atoms with Crippen LogP contribution in [0.2, 0.25) is 0 Å². The minimum Gasteiger partial charge on any atom is -0.312 e. The van der Waals surface area contributed by atoms with Gasteiger partial charge in [0.2, 0.25) is 5.91 Å². The summed E-state index contributed by atoms with van der Waals surface area (Å²) in [5.41, 5.74) is -0.618. The molecule has 0 spiro atoms. The van der Waals surface area contributed by atoms with E-state index in [0.717, 1.165) is 12.1 Å². The second-order valence-corrected chi connectivity index (χ2v) is 4.56. The highest BCUT2D eigenvalue weighted by Crippen LogP contribution is 2.33. The number of ketones is 1. The van der Waals surface area contributed by atoms with Crippen molar-refractivity contribution < 1.29 is 22.8 Å². The maximum Gasteiger partial charge on any atom is 0.416 e. The fraction of sp³-hybridized carbons (Fsp3) is 0.385. The SMILES string of the molecule is CC(=O)C1CC(=O)N(c2cccc(C(F)(F)F)c2)C1. The number of Topliss-reactive ketones (excluding diaryl/α,β-unsaturated/α-hetero) is 1. The van der Waals surface area contributed by atoms with Gasteiger partial charge in [-0.3, -0.25) is 9.59 Å². The zero-order valence-electron chi connectivity index (χ0n) is 10.2. The van der Waals surface area contributed by atoms with Crippen molar-refractivity contribution in [3.8, 4) is 0 Å². The molecule has 0 saturated carbocycles. The van der Waals surface area contributed by atoms with E-state index in [9.17, 15) is 22.8 Å². The van der Waals surface area contributed by atoms with Crippen molar-refractivity contribution in [3.63, 3.8) is 0 Å². The maximum atomic E-state index is 12.6. The predicted octanol–water partition coefficient (Wildman–Crippen LogP) is 2.65. The zero-order valence-corrected chi connectivity index (χ0v) is 10.2. The van der Waals surface area contributed by atoms with Gasteiger partial charge in [-0.1, -0.05) is 6.07 Å². The molecule has 1 heterocycles. The lowest BCUT2D eigenvalue weighted by atomic mass is 10.1. The molecule has 0 aromatic heterocycles. The number of rotatable bonds is 2. The molecule has 1 aromatic rings. The Morgan fingerprint density at radius 3 is 2.58 bits per heavy atom. The van der Waals surface area contributed by atoms with E-state index in [-0.39, 0.29) is 30.3 Å². The topological polar surface area (TPSA) is 37.4 Å². The van der Waals surface area contributed by atoms with Crippen molar-refractivity contribution in [2.24, 2.45) is 5.92 Å². The molecule has 0 bridgehead atoms. The molecule has 1 atom stereocenters. The van der Waals surface area contributed by atoms with Gasteiger partial charge in [0, 0.05) is 24.6 Å². The first-order chi connectivity index (χ1) is 8.79. The number of carbonyl (C=O) groups excluding carboxylic acids is 2. The third-order valence-corrected chi connectivity index (χ3v) is 3.19. The Morgan fingerprint density at radius 1 is 1.37 bits per heavy atom. The van der Waals surface area contributed by atoms with E-state index in [0.29, 0.717) is 0 Å². The lowest BCUT2D eigenvalue weighted by Gasteiger charge is -2.18. The molecule has 6 heteroatoms. The first-order valence-corrected chi connectivity index (χ1v) is 5.77. The fourth-order valence-corrected chi connectivity index (χ4v) is 2.08. The van der Waals surface area contributed by atoms with Crippen molar-refractivity contribution in [1.29, 1.82) is 0 Å². The Hall–Kier alpha value is -1.85. The molecule has 1 saturated heterocycles. The number of amides is 1. The van der Waals surface area contributed by atoms with Gasteiger partial charge in [0.1, 0.15) is 5.78 Å². The number of hydrogen-bond acceptors (Lipinski definition) is 2. The fourth-order valence-electron chi connectivity index (χ4n) is 2.08. The van der Waals surface area contributed by atoms with Gasteiger partial charge in [-0.15, -0.1) is 0 Å². The summed E-state index contributed by atoms with van der Waals surface area (Å²) < 4.78 is 37.8. The minimum atomic E-state index is -4.45. The normalized spacial score (nSPS) is 19.9. The molecular weight excluding hydrogens is 259 g/mol. The molecule has 0 aliphatic carbocycles. The largest absolute Gasteiger partial charge is 0.416 e. The van der Waals surface area contributed by atoms with Crippen LogP contribution in [0, 0.1) is 5.92 Å². The molecular formula is C13H12F3NO2. The van der Waals surface area contributed by atoms with E-state index < -0.39 is 17.7 Å². The van der Waals surface area contributed by atoms with E-state index in [4.69, 9.17) is 0 Å². The highest BCUT2D eigenvalue weighted by atomic mass is 19.4. The molecule has 1 aliphatic heterocycles. The van der Waals surface area contributed by atoms with Crippen LogP contribution in [-0.2, 0) is 15.8 Å². The zero-order chi connectivity index (χ0) is 14.2. The number of carbonyl (C=O) groups is 2. The molecule has 3 nitrogen and oxygen atoms in total. The first-order valence-electron chi connectivity index (χ1n) is 5.77. The van der Waals surface area contributed by atoms with Crippen LogP contribution in [0.5, 0.6) is 0 Å². The monoisotopic (exact) mass is 271 g/mol. The van der Waals surface area contributed by atoms with Gasteiger partial charge < -0.3 is 4.90 Å². The van der Waals surface area contributed by atoms with Gasteiger partial charge >= 0.3 is 6.18 Å². The van der Waals surface area contributed by atoms with E-state index in [1.807, 2.05) is 0 Å². The first kappa shape index (κ1) is 13.6. The third kappa shape index (κ3) is 2.77. The minimum absolute atomic E-state index is 0.0611. The van der Waals surface area contributed by atoms with E-state index in [2.05, 4.69) is 0 Å². The number of halogens is 3. The van der Waals surface area contributed by atoms with E-state index >= 15 is 0 Å². The van der Waals surface area contributed by atoms with Crippen LogP contribution in [-0.4, -0.2) is 18.2 Å². The van der Waals surface area contributed by atoms with E-state index in [1.54, 1.807) is 0 Å². The van der Waals surface area contributed by atoms with Crippen molar-refractivity contribution in [2.45, 2.75) is 19.5 Å². The van der Waals surface area contributed by atoms with Gasteiger partial charge in [0.15, 0.2) is 0 Å². The lowest BCUT2D eigenvalue weighted by molar-refractivity contribution is -0.137. The van der Waals surface area contributed by atoms with Crippen molar-refractivity contribution >= 4 is 17.4 Å². The van der Waals surface area contributed by atoms with Crippen LogP contribution in [0.1, 0.15) is 18.9 Å². The molecule has 0 radical (unpaired) electrons. The number of nitrogens with zero attached hydrogens (tertiary/aromatic N) is 1.